The largest absolute Gasteiger partial charge is 0.459 e. The van der Waals surface area contributed by atoms with Crippen LogP contribution in [0, 0.1) is 6.92 Å². The summed E-state index contributed by atoms with van der Waals surface area (Å²) in [5, 5.41) is 9.95. The Kier molecular flexibility index (Phi) is 7.22. The first kappa shape index (κ1) is 20.7. The first-order chi connectivity index (χ1) is 12.8. The predicted molar refractivity (Wildman–Crippen MR) is 95.7 cm³/mol. The van der Waals surface area contributed by atoms with Gasteiger partial charge in [0.1, 0.15) is 5.01 Å². The summed E-state index contributed by atoms with van der Waals surface area (Å²) >= 11 is 0.931. The van der Waals surface area contributed by atoms with Gasteiger partial charge in [-0.25, -0.2) is 4.98 Å². The van der Waals surface area contributed by atoms with Crippen molar-refractivity contribution in [2.45, 2.75) is 26.1 Å². The van der Waals surface area contributed by atoms with E-state index in [0.29, 0.717) is 36.2 Å². The SMILES string of the molecule is CN=C(NCCCNC(=O)c1occc1C)NCc1nc(C(F)(F)F)cs1. The minimum absolute atomic E-state index is 0.134. The van der Waals surface area contributed by atoms with E-state index in [1.807, 2.05) is 0 Å². The molecule has 0 aliphatic heterocycles. The standard InChI is InChI=1S/C16H20F3N5O2S/c1-10-4-7-26-13(10)14(25)21-5-3-6-22-15(20-2)23-8-12-24-11(9-27-12)16(17,18)19/h4,7,9H,3,5-6,8H2,1-2H3,(H,21,25)(H2,20,22,23). The molecular formula is C16H20F3N5O2S. The van der Waals surface area contributed by atoms with E-state index < -0.39 is 11.9 Å². The highest BCUT2D eigenvalue weighted by Gasteiger charge is 2.33. The van der Waals surface area contributed by atoms with Gasteiger partial charge in [-0.3, -0.25) is 9.79 Å². The fraction of sp³-hybridized carbons (Fsp3) is 0.438. The molecule has 0 unspecified atom stereocenters. The Hall–Kier alpha value is -2.56. The molecule has 0 aromatic carbocycles. The lowest BCUT2D eigenvalue weighted by Crippen LogP contribution is -2.38. The van der Waals surface area contributed by atoms with Crippen molar-refractivity contribution in [1.82, 2.24) is 20.9 Å². The lowest BCUT2D eigenvalue weighted by atomic mass is 10.2. The number of nitrogens with zero attached hydrogens (tertiary/aromatic N) is 2. The van der Waals surface area contributed by atoms with Crippen LogP contribution in [0.5, 0.6) is 0 Å². The van der Waals surface area contributed by atoms with E-state index in [-0.39, 0.29) is 12.5 Å². The Bertz CT molecular complexity index is 785. The second-order valence-corrected chi connectivity index (χ2v) is 6.46. The summed E-state index contributed by atoms with van der Waals surface area (Å²) in [4.78, 5) is 19.4. The monoisotopic (exact) mass is 403 g/mol. The fourth-order valence-corrected chi connectivity index (χ4v) is 2.83. The quantitative estimate of drug-likeness (QED) is 0.375. The van der Waals surface area contributed by atoms with Crippen molar-refractivity contribution in [3.8, 4) is 0 Å². The lowest BCUT2D eigenvalue weighted by molar-refractivity contribution is -0.140. The maximum absolute atomic E-state index is 12.5. The number of rotatable bonds is 7. The lowest BCUT2D eigenvalue weighted by Gasteiger charge is -2.11. The summed E-state index contributed by atoms with van der Waals surface area (Å²) in [6.07, 6.45) is -2.35. The molecule has 0 saturated heterocycles. The number of hydrogen-bond acceptors (Lipinski definition) is 5. The van der Waals surface area contributed by atoms with Crippen LogP contribution in [-0.4, -0.2) is 37.0 Å². The number of thiazole rings is 1. The molecule has 2 aromatic rings. The van der Waals surface area contributed by atoms with Gasteiger partial charge in [0.25, 0.3) is 5.91 Å². The minimum Gasteiger partial charge on any atom is -0.459 e. The van der Waals surface area contributed by atoms with E-state index in [0.717, 1.165) is 22.3 Å². The van der Waals surface area contributed by atoms with Crippen LogP contribution in [0.3, 0.4) is 0 Å². The average molecular weight is 403 g/mol. The van der Waals surface area contributed by atoms with Gasteiger partial charge in [0, 0.05) is 31.1 Å². The molecule has 2 aromatic heterocycles. The molecule has 0 aliphatic carbocycles. The summed E-state index contributed by atoms with van der Waals surface area (Å²) in [7, 11) is 1.56. The van der Waals surface area contributed by atoms with Crippen molar-refractivity contribution in [3.63, 3.8) is 0 Å². The number of aromatic nitrogens is 1. The van der Waals surface area contributed by atoms with Crippen LogP contribution in [0.15, 0.2) is 27.1 Å². The zero-order chi connectivity index (χ0) is 19.9. The van der Waals surface area contributed by atoms with Crippen molar-refractivity contribution in [2.24, 2.45) is 4.99 Å². The molecular weight excluding hydrogens is 383 g/mol. The molecule has 7 nitrogen and oxygen atoms in total. The summed E-state index contributed by atoms with van der Waals surface area (Å²) in [5.41, 5.74) is -0.124. The van der Waals surface area contributed by atoms with Crippen LogP contribution in [0.4, 0.5) is 13.2 Å². The number of furan rings is 1. The first-order valence-corrected chi connectivity index (χ1v) is 8.97. The molecule has 11 heteroatoms. The van der Waals surface area contributed by atoms with Crippen molar-refractivity contribution < 1.29 is 22.4 Å². The Labute approximate surface area is 158 Å². The molecule has 148 valence electrons. The summed E-state index contributed by atoms with van der Waals surface area (Å²) in [6.45, 7) is 2.87. The van der Waals surface area contributed by atoms with Crippen LogP contribution in [0.25, 0.3) is 0 Å². The molecule has 2 rings (SSSR count). The Morgan fingerprint density at radius 2 is 2.04 bits per heavy atom. The second-order valence-electron chi connectivity index (χ2n) is 5.52. The van der Waals surface area contributed by atoms with Crippen molar-refractivity contribution in [3.05, 3.63) is 39.7 Å². The molecule has 0 atom stereocenters. The van der Waals surface area contributed by atoms with Gasteiger partial charge in [0.2, 0.25) is 0 Å². The molecule has 27 heavy (non-hydrogen) atoms. The highest BCUT2D eigenvalue weighted by molar-refractivity contribution is 7.09. The highest BCUT2D eigenvalue weighted by atomic mass is 32.1. The van der Waals surface area contributed by atoms with E-state index in [1.54, 1.807) is 20.0 Å². The number of guanidine groups is 1. The van der Waals surface area contributed by atoms with Crippen molar-refractivity contribution in [2.75, 3.05) is 20.1 Å². The molecule has 1 amide bonds. The van der Waals surface area contributed by atoms with Gasteiger partial charge in [-0.05, 0) is 19.4 Å². The number of nitrogens with one attached hydrogen (secondary N) is 3. The molecule has 0 radical (unpaired) electrons. The van der Waals surface area contributed by atoms with Crippen LogP contribution < -0.4 is 16.0 Å². The van der Waals surface area contributed by atoms with Crippen molar-refractivity contribution in [1.29, 1.82) is 0 Å². The van der Waals surface area contributed by atoms with Gasteiger partial charge in [0.15, 0.2) is 17.4 Å². The van der Waals surface area contributed by atoms with Crippen LogP contribution in [0.1, 0.15) is 33.2 Å². The van der Waals surface area contributed by atoms with Crippen molar-refractivity contribution >= 4 is 23.2 Å². The third-order valence-electron chi connectivity index (χ3n) is 3.47. The molecule has 0 aliphatic rings. The predicted octanol–water partition coefficient (Wildman–Crippen LogP) is 2.55. The van der Waals surface area contributed by atoms with Crippen LogP contribution >= 0.6 is 11.3 Å². The van der Waals surface area contributed by atoms with E-state index in [4.69, 9.17) is 4.42 Å². The smallest absolute Gasteiger partial charge is 0.434 e. The van der Waals surface area contributed by atoms with Gasteiger partial charge in [-0.15, -0.1) is 11.3 Å². The normalized spacial score (nSPS) is 12.1. The van der Waals surface area contributed by atoms with E-state index in [1.165, 1.54) is 6.26 Å². The second kappa shape index (κ2) is 9.40. The zero-order valence-electron chi connectivity index (χ0n) is 14.8. The van der Waals surface area contributed by atoms with Crippen LogP contribution in [-0.2, 0) is 12.7 Å². The molecule has 3 N–H and O–H groups in total. The fourth-order valence-electron chi connectivity index (χ4n) is 2.08. The number of carbonyl (C=O) groups is 1. The highest BCUT2D eigenvalue weighted by Crippen LogP contribution is 2.29. The Balaban J connectivity index is 1.66. The van der Waals surface area contributed by atoms with Gasteiger partial charge in [-0.1, -0.05) is 0 Å². The third-order valence-corrected chi connectivity index (χ3v) is 4.32. The molecule has 0 spiro atoms. The van der Waals surface area contributed by atoms with E-state index in [9.17, 15) is 18.0 Å². The minimum atomic E-state index is -4.44. The number of alkyl halides is 3. The molecule has 0 fully saturated rings. The summed E-state index contributed by atoms with van der Waals surface area (Å²) < 4.78 is 42.7. The Morgan fingerprint density at radius 1 is 1.30 bits per heavy atom. The number of hydrogen-bond donors (Lipinski definition) is 3. The Morgan fingerprint density at radius 3 is 2.63 bits per heavy atom. The number of carbonyl (C=O) groups excluding carboxylic acids is 1. The third kappa shape index (κ3) is 6.27. The average Bonchev–Trinajstić information content (AvgIpc) is 3.25. The summed E-state index contributed by atoms with van der Waals surface area (Å²) in [6, 6.07) is 1.71. The number of amides is 1. The van der Waals surface area contributed by atoms with Gasteiger partial charge in [0.05, 0.1) is 12.8 Å². The number of aliphatic imine (C=N–C) groups is 1. The van der Waals surface area contributed by atoms with Crippen LogP contribution in [0.2, 0.25) is 0 Å². The number of halogens is 3. The van der Waals surface area contributed by atoms with E-state index >= 15 is 0 Å². The van der Waals surface area contributed by atoms with E-state index in [2.05, 4.69) is 25.9 Å². The zero-order valence-corrected chi connectivity index (χ0v) is 15.6. The molecule has 0 bridgehead atoms. The summed E-state index contributed by atoms with van der Waals surface area (Å²) in [5.74, 6) is 0.457. The maximum Gasteiger partial charge on any atom is 0.434 e. The number of aryl methyl sites for hydroxylation is 1. The first-order valence-electron chi connectivity index (χ1n) is 8.09. The topological polar surface area (TPSA) is 91.5 Å². The van der Waals surface area contributed by atoms with Gasteiger partial charge in [-0.2, -0.15) is 13.2 Å². The maximum atomic E-state index is 12.5. The van der Waals surface area contributed by atoms with Gasteiger partial charge < -0.3 is 20.4 Å². The molecule has 2 heterocycles. The van der Waals surface area contributed by atoms with Gasteiger partial charge >= 0.3 is 6.18 Å². The molecule has 0 saturated carbocycles.